The molecule has 1 N–H and O–H groups in total. The Morgan fingerprint density at radius 3 is 2.50 bits per heavy atom. The molecule has 6 atom stereocenters. The van der Waals surface area contributed by atoms with Crippen LogP contribution in [0.25, 0.3) is 0 Å². The number of hydrogen-bond acceptors (Lipinski definition) is 2. The highest BCUT2D eigenvalue weighted by molar-refractivity contribution is 5.05. The van der Waals surface area contributed by atoms with Crippen molar-refractivity contribution in [1.29, 1.82) is 0 Å². The lowest BCUT2D eigenvalue weighted by Gasteiger charge is -2.34. The second-order valence-electron chi connectivity index (χ2n) is 8.42. The highest BCUT2D eigenvalue weighted by Crippen LogP contribution is 2.58. The molecule has 0 saturated heterocycles. The van der Waals surface area contributed by atoms with E-state index in [1.165, 1.54) is 32.2 Å². The minimum atomic E-state index is 0.702. The number of hydrogen-bond donors (Lipinski definition) is 1. The summed E-state index contributed by atoms with van der Waals surface area (Å²) in [4.78, 5) is 2.42. The Morgan fingerprint density at radius 2 is 1.80 bits per heavy atom. The van der Waals surface area contributed by atoms with E-state index >= 15 is 0 Å². The van der Waals surface area contributed by atoms with Gasteiger partial charge >= 0.3 is 0 Å². The summed E-state index contributed by atoms with van der Waals surface area (Å²) in [5.41, 5.74) is 0. The molecule has 0 amide bonds. The smallest absolute Gasteiger partial charge is 0.0217 e. The van der Waals surface area contributed by atoms with Crippen LogP contribution in [0.4, 0.5) is 0 Å². The van der Waals surface area contributed by atoms with Gasteiger partial charge in [0, 0.05) is 18.6 Å². The van der Waals surface area contributed by atoms with Crippen molar-refractivity contribution in [3.05, 3.63) is 0 Å². The van der Waals surface area contributed by atoms with Gasteiger partial charge in [-0.1, -0.05) is 20.3 Å². The van der Waals surface area contributed by atoms with Crippen LogP contribution in [0.3, 0.4) is 0 Å². The summed E-state index contributed by atoms with van der Waals surface area (Å²) >= 11 is 0. The Hall–Kier alpha value is -0.0800. The van der Waals surface area contributed by atoms with Crippen LogP contribution >= 0.6 is 0 Å². The molecule has 3 saturated carbocycles. The van der Waals surface area contributed by atoms with Crippen LogP contribution in [0, 0.1) is 29.6 Å². The lowest BCUT2D eigenvalue weighted by atomic mass is 9.79. The molecule has 2 bridgehead atoms. The summed E-state index contributed by atoms with van der Waals surface area (Å²) in [5.74, 6) is 5.11. The van der Waals surface area contributed by atoms with E-state index in [9.17, 15) is 0 Å². The fourth-order valence-electron chi connectivity index (χ4n) is 5.61. The van der Waals surface area contributed by atoms with Gasteiger partial charge in [-0.15, -0.1) is 0 Å². The molecule has 3 fully saturated rings. The number of likely N-dealkylation sites (N-methyl/N-ethyl adjacent to an activating group) is 1. The van der Waals surface area contributed by atoms with E-state index in [2.05, 4.69) is 38.2 Å². The van der Waals surface area contributed by atoms with Gasteiger partial charge in [0.05, 0.1) is 0 Å². The fourth-order valence-corrected chi connectivity index (χ4v) is 5.61. The molecule has 3 aliphatic carbocycles. The molecule has 20 heavy (non-hydrogen) atoms. The monoisotopic (exact) mass is 278 g/mol. The van der Waals surface area contributed by atoms with Gasteiger partial charge in [-0.2, -0.15) is 0 Å². The van der Waals surface area contributed by atoms with Gasteiger partial charge in [0.15, 0.2) is 0 Å². The molecule has 116 valence electrons. The van der Waals surface area contributed by atoms with Crippen LogP contribution in [0.15, 0.2) is 0 Å². The predicted octanol–water partition coefficient (Wildman–Crippen LogP) is 3.38. The van der Waals surface area contributed by atoms with Crippen LogP contribution < -0.4 is 5.32 Å². The predicted molar refractivity (Wildman–Crippen MR) is 85.8 cm³/mol. The normalized spacial score (nSPS) is 40.8. The van der Waals surface area contributed by atoms with Gasteiger partial charge in [-0.25, -0.2) is 0 Å². The number of nitrogens with zero attached hydrogens (tertiary/aromatic N) is 1. The highest BCUT2D eigenvalue weighted by Gasteiger charge is 2.53. The van der Waals surface area contributed by atoms with Crippen molar-refractivity contribution in [2.75, 3.05) is 20.6 Å². The summed E-state index contributed by atoms with van der Waals surface area (Å²) in [6.07, 6.45) is 8.94. The van der Waals surface area contributed by atoms with E-state index < -0.39 is 0 Å². The van der Waals surface area contributed by atoms with Crippen molar-refractivity contribution in [2.45, 2.75) is 64.5 Å². The molecule has 2 nitrogen and oxygen atoms in total. The average Bonchev–Trinajstić information content (AvgIpc) is 3.04. The molecule has 0 aromatic rings. The zero-order chi connectivity index (χ0) is 14.3. The summed E-state index contributed by atoms with van der Waals surface area (Å²) in [6.45, 7) is 5.88. The standard InChI is InChI=1S/C18H34N2/c1-12(2)8-14(20(3)4)11-19-18-10-13-9-17(18)16-7-5-6-15(13)16/h12-19H,5-11H2,1-4H3. The Balaban J connectivity index is 1.51. The summed E-state index contributed by atoms with van der Waals surface area (Å²) in [6, 6.07) is 1.54. The Labute approximate surface area is 125 Å². The average molecular weight is 278 g/mol. The first-order chi connectivity index (χ1) is 9.56. The van der Waals surface area contributed by atoms with Gasteiger partial charge in [0.2, 0.25) is 0 Å². The Bertz CT molecular complexity index is 325. The minimum absolute atomic E-state index is 0.702. The number of nitrogens with one attached hydrogen (secondary N) is 1. The molecular weight excluding hydrogens is 244 g/mol. The second kappa shape index (κ2) is 5.96. The summed E-state index contributed by atoms with van der Waals surface area (Å²) in [7, 11) is 4.48. The molecule has 3 aliphatic rings. The van der Waals surface area contributed by atoms with Gasteiger partial charge in [0.1, 0.15) is 0 Å². The largest absolute Gasteiger partial charge is 0.312 e. The van der Waals surface area contributed by atoms with Gasteiger partial charge < -0.3 is 10.2 Å². The van der Waals surface area contributed by atoms with Gasteiger partial charge in [-0.3, -0.25) is 0 Å². The maximum Gasteiger partial charge on any atom is 0.0217 e. The third kappa shape index (κ3) is 2.78. The second-order valence-corrected chi connectivity index (χ2v) is 8.42. The van der Waals surface area contributed by atoms with Crippen molar-refractivity contribution >= 4 is 0 Å². The van der Waals surface area contributed by atoms with Crippen molar-refractivity contribution in [2.24, 2.45) is 29.6 Å². The number of rotatable bonds is 6. The van der Waals surface area contributed by atoms with E-state index in [0.29, 0.717) is 6.04 Å². The highest BCUT2D eigenvalue weighted by atomic mass is 15.1. The molecule has 3 rings (SSSR count). The lowest BCUT2D eigenvalue weighted by Crippen LogP contribution is -2.46. The summed E-state index contributed by atoms with van der Waals surface area (Å²) < 4.78 is 0. The Morgan fingerprint density at radius 1 is 1.05 bits per heavy atom. The third-order valence-corrected chi connectivity index (χ3v) is 6.52. The van der Waals surface area contributed by atoms with E-state index in [1.54, 1.807) is 12.8 Å². The van der Waals surface area contributed by atoms with Crippen LogP contribution in [0.1, 0.15) is 52.4 Å². The van der Waals surface area contributed by atoms with Crippen LogP contribution in [-0.2, 0) is 0 Å². The SMILES string of the molecule is CC(C)CC(CNC1CC2CC1C1CCCC21)N(C)C. The zero-order valence-electron chi connectivity index (χ0n) is 13.9. The molecule has 0 heterocycles. The first-order valence-corrected chi connectivity index (χ1v) is 8.96. The van der Waals surface area contributed by atoms with E-state index in [0.717, 1.165) is 35.6 Å². The van der Waals surface area contributed by atoms with Crippen molar-refractivity contribution in [3.8, 4) is 0 Å². The topological polar surface area (TPSA) is 15.3 Å². The quantitative estimate of drug-likeness (QED) is 0.801. The minimum Gasteiger partial charge on any atom is -0.312 e. The molecule has 0 aromatic carbocycles. The van der Waals surface area contributed by atoms with E-state index in [1.807, 2.05) is 0 Å². The van der Waals surface area contributed by atoms with Crippen molar-refractivity contribution in [1.82, 2.24) is 10.2 Å². The van der Waals surface area contributed by atoms with Crippen molar-refractivity contribution in [3.63, 3.8) is 0 Å². The molecule has 0 aromatic heterocycles. The van der Waals surface area contributed by atoms with E-state index in [-0.39, 0.29) is 0 Å². The summed E-state index contributed by atoms with van der Waals surface area (Å²) in [5, 5.41) is 3.97. The number of fused-ring (bicyclic) bond motifs is 5. The van der Waals surface area contributed by atoms with Crippen LogP contribution in [-0.4, -0.2) is 37.6 Å². The molecule has 6 unspecified atom stereocenters. The fraction of sp³-hybridized carbons (Fsp3) is 1.00. The molecule has 0 spiro atoms. The molecule has 2 heteroatoms. The first kappa shape index (κ1) is 14.8. The third-order valence-electron chi connectivity index (χ3n) is 6.52. The van der Waals surface area contributed by atoms with E-state index in [4.69, 9.17) is 0 Å². The Kier molecular flexibility index (Phi) is 4.42. The maximum absolute atomic E-state index is 3.97. The zero-order valence-corrected chi connectivity index (χ0v) is 13.9. The van der Waals surface area contributed by atoms with Crippen molar-refractivity contribution < 1.29 is 0 Å². The molecule has 0 radical (unpaired) electrons. The van der Waals surface area contributed by atoms with Gasteiger partial charge in [0.25, 0.3) is 0 Å². The van der Waals surface area contributed by atoms with Gasteiger partial charge in [-0.05, 0) is 75.8 Å². The molecule has 0 aliphatic heterocycles. The lowest BCUT2D eigenvalue weighted by molar-refractivity contribution is 0.186. The first-order valence-electron chi connectivity index (χ1n) is 8.96. The van der Waals surface area contributed by atoms with Crippen LogP contribution in [0.5, 0.6) is 0 Å². The maximum atomic E-state index is 3.97. The van der Waals surface area contributed by atoms with Crippen LogP contribution in [0.2, 0.25) is 0 Å². The molecular formula is C18H34N2.